The Labute approximate surface area is 142 Å². The van der Waals surface area contributed by atoms with E-state index in [1.807, 2.05) is 24.3 Å². The Hall–Kier alpha value is -2.09. The number of amides is 2. The van der Waals surface area contributed by atoms with Gasteiger partial charge in [-0.1, -0.05) is 0 Å². The second-order valence-electron chi connectivity index (χ2n) is 4.64. The van der Waals surface area contributed by atoms with Crippen molar-refractivity contribution < 1.29 is 14.3 Å². The molecule has 114 valence electrons. The number of carbonyl (C=O) groups is 2. The number of anilines is 1. The molecule has 22 heavy (non-hydrogen) atoms. The average molecular weight is 410 g/mol. The Morgan fingerprint density at radius 3 is 2.23 bits per heavy atom. The molecule has 0 saturated heterocycles. The molecule has 1 atom stereocenters. The first kappa shape index (κ1) is 16.3. The standard InChI is InChI=1S/C16H15IN2O3/c1-10(22-14-8-4-12(17)5-9-14)16(21)19-13-6-2-11(3-7-13)15(18)20/h2-10H,1H3,(H2,18,20)(H,19,21)/t10-/m1/s1. The van der Waals surface area contributed by atoms with Crippen molar-refractivity contribution in [1.29, 1.82) is 0 Å². The van der Waals surface area contributed by atoms with Crippen LogP contribution in [-0.4, -0.2) is 17.9 Å². The summed E-state index contributed by atoms with van der Waals surface area (Å²) in [6, 6.07) is 13.8. The maximum atomic E-state index is 12.1. The van der Waals surface area contributed by atoms with Crippen LogP contribution in [0.4, 0.5) is 5.69 Å². The van der Waals surface area contributed by atoms with Crippen LogP contribution in [0.5, 0.6) is 5.75 Å². The molecule has 3 N–H and O–H groups in total. The van der Waals surface area contributed by atoms with E-state index in [2.05, 4.69) is 27.9 Å². The van der Waals surface area contributed by atoms with E-state index in [1.165, 1.54) is 0 Å². The zero-order valence-electron chi connectivity index (χ0n) is 11.9. The van der Waals surface area contributed by atoms with Gasteiger partial charge in [0, 0.05) is 14.8 Å². The number of halogens is 1. The van der Waals surface area contributed by atoms with Crippen LogP contribution < -0.4 is 15.8 Å². The predicted octanol–water partition coefficient (Wildman–Crippen LogP) is 2.80. The molecule has 2 aromatic rings. The summed E-state index contributed by atoms with van der Waals surface area (Å²) in [6.07, 6.45) is -0.643. The minimum absolute atomic E-state index is 0.273. The van der Waals surface area contributed by atoms with Crippen molar-refractivity contribution in [2.45, 2.75) is 13.0 Å². The molecule has 0 radical (unpaired) electrons. The number of ether oxygens (including phenoxy) is 1. The zero-order valence-corrected chi connectivity index (χ0v) is 14.0. The van der Waals surface area contributed by atoms with Crippen molar-refractivity contribution in [3.05, 3.63) is 57.7 Å². The van der Waals surface area contributed by atoms with Gasteiger partial charge in [0.1, 0.15) is 5.75 Å². The van der Waals surface area contributed by atoms with Crippen LogP contribution in [0.3, 0.4) is 0 Å². The van der Waals surface area contributed by atoms with E-state index in [-0.39, 0.29) is 5.91 Å². The van der Waals surface area contributed by atoms with Gasteiger partial charge < -0.3 is 15.8 Å². The summed E-state index contributed by atoms with van der Waals surface area (Å²) >= 11 is 2.20. The molecular weight excluding hydrogens is 395 g/mol. The van der Waals surface area contributed by atoms with E-state index in [1.54, 1.807) is 31.2 Å². The third-order valence-electron chi connectivity index (χ3n) is 2.93. The van der Waals surface area contributed by atoms with Gasteiger partial charge in [-0.05, 0) is 78.0 Å². The topological polar surface area (TPSA) is 81.4 Å². The van der Waals surface area contributed by atoms with Crippen LogP contribution in [-0.2, 0) is 4.79 Å². The number of hydrogen-bond donors (Lipinski definition) is 2. The summed E-state index contributed by atoms with van der Waals surface area (Å²) in [7, 11) is 0. The molecule has 0 heterocycles. The van der Waals surface area contributed by atoms with Crippen LogP contribution >= 0.6 is 22.6 Å². The van der Waals surface area contributed by atoms with Gasteiger partial charge in [-0.2, -0.15) is 0 Å². The summed E-state index contributed by atoms with van der Waals surface area (Å²) < 4.78 is 6.67. The van der Waals surface area contributed by atoms with E-state index in [9.17, 15) is 9.59 Å². The van der Waals surface area contributed by atoms with Gasteiger partial charge in [0.15, 0.2) is 6.10 Å². The predicted molar refractivity (Wildman–Crippen MR) is 92.8 cm³/mol. The molecule has 0 aliphatic carbocycles. The summed E-state index contributed by atoms with van der Waals surface area (Å²) in [5.74, 6) is -0.147. The van der Waals surface area contributed by atoms with Gasteiger partial charge in [0.05, 0.1) is 0 Å². The molecule has 5 nitrogen and oxygen atoms in total. The summed E-state index contributed by atoms with van der Waals surface area (Å²) in [5, 5.41) is 2.72. The summed E-state index contributed by atoms with van der Waals surface area (Å²) in [5.41, 5.74) is 6.13. The van der Waals surface area contributed by atoms with Gasteiger partial charge in [0.2, 0.25) is 5.91 Å². The first-order valence-corrected chi connectivity index (χ1v) is 7.66. The molecular formula is C16H15IN2O3. The lowest BCUT2D eigenvalue weighted by Gasteiger charge is -2.15. The summed E-state index contributed by atoms with van der Waals surface area (Å²) in [6.45, 7) is 1.67. The zero-order chi connectivity index (χ0) is 16.1. The van der Waals surface area contributed by atoms with Crippen LogP contribution in [0, 0.1) is 3.57 Å². The second-order valence-corrected chi connectivity index (χ2v) is 5.89. The van der Waals surface area contributed by atoms with Crippen molar-refractivity contribution in [3.8, 4) is 5.75 Å². The van der Waals surface area contributed by atoms with Crippen molar-refractivity contribution in [3.63, 3.8) is 0 Å². The highest BCUT2D eigenvalue weighted by molar-refractivity contribution is 14.1. The highest BCUT2D eigenvalue weighted by atomic mass is 127. The number of primary amides is 1. The maximum absolute atomic E-state index is 12.1. The smallest absolute Gasteiger partial charge is 0.265 e. The van der Waals surface area contributed by atoms with E-state index < -0.39 is 12.0 Å². The first-order valence-electron chi connectivity index (χ1n) is 6.58. The Morgan fingerprint density at radius 2 is 1.68 bits per heavy atom. The average Bonchev–Trinajstić information content (AvgIpc) is 2.50. The largest absolute Gasteiger partial charge is 0.481 e. The van der Waals surface area contributed by atoms with Crippen LogP contribution in [0.15, 0.2) is 48.5 Å². The Morgan fingerprint density at radius 1 is 1.09 bits per heavy atom. The van der Waals surface area contributed by atoms with Crippen molar-refractivity contribution in [1.82, 2.24) is 0 Å². The van der Waals surface area contributed by atoms with E-state index >= 15 is 0 Å². The van der Waals surface area contributed by atoms with Gasteiger partial charge >= 0.3 is 0 Å². The highest BCUT2D eigenvalue weighted by Gasteiger charge is 2.15. The van der Waals surface area contributed by atoms with Crippen molar-refractivity contribution in [2.75, 3.05) is 5.32 Å². The van der Waals surface area contributed by atoms with E-state index in [4.69, 9.17) is 10.5 Å². The van der Waals surface area contributed by atoms with Gasteiger partial charge in [-0.3, -0.25) is 9.59 Å². The lowest BCUT2D eigenvalue weighted by Crippen LogP contribution is -2.30. The van der Waals surface area contributed by atoms with Gasteiger partial charge in [-0.15, -0.1) is 0 Å². The monoisotopic (exact) mass is 410 g/mol. The normalized spacial score (nSPS) is 11.5. The highest BCUT2D eigenvalue weighted by Crippen LogP contribution is 2.16. The van der Waals surface area contributed by atoms with Gasteiger partial charge in [-0.25, -0.2) is 0 Å². The number of hydrogen-bond acceptors (Lipinski definition) is 3. The maximum Gasteiger partial charge on any atom is 0.265 e. The van der Waals surface area contributed by atoms with Crippen LogP contribution in [0.1, 0.15) is 17.3 Å². The van der Waals surface area contributed by atoms with Crippen LogP contribution in [0.2, 0.25) is 0 Å². The molecule has 0 fully saturated rings. The Kier molecular flexibility index (Phi) is 5.37. The minimum atomic E-state index is -0.643. The molecule has 6 heteroatoms. The molecule has 0 aliphatic heterocycles. The molecule has 0 aromatic heterocycles. The third kappa shape index (κ3) is 4.45. The lowest BCUT2D eigenvalue weighted by molar-refractivity contribution is -0.122. The molecule has 2 aromatic carbocycles. The van der Waals surface area contributed by atoms with Gasteiger partial charge in [0.25, 0.3) is 5.91 Å². The van der Waals surface area contributed by atoms with E-state index in [0.717, 1.165) is 3.57 Å². The van der Waals surface area contributed by atoms with Crippen LogP contribution in [0.25, 0.3) is 0 Å². The number of benzene rings is 2. The molecule has 0 aliphatic rings. The first-order chi connectivity index (χ1) is 10.5. The Balaban J connectivity index is 1.95. The number of rotatable bonds is 5. The van der Waals surface area contributed by atoms with Crippen molar-refractivity contribution in [2.24, 2.45) is 5.73 Å². The van der Waals surface area contributed by atoms with E-state index in [0.29, 0.717) is 17.0 Å². The SMILES string of the molecule is C[C@@H](Oc1ccc(I)cc1)C(=O)Nc1ccc(C(N)=O)cc1. The molecule has 2 rings (SSSR count). The van der Waals surface area contributed by atoms with Crippen molar-refractivity contribution >= 4 is 40.1 Å². The fourth-order valence-electron chi connectivity index (χ4n) is 1.73. The summed E-state index contributed by atoms with van der Waals surface area (Å²) in [4.78, 5) is 23.1. The third-order valence-corrected chi connectivity index (χ3v) is 3.65. The molecule has 0 spiro atoms. The lowest BCUT2D eigenvalue weighted by atomic mass is 10.2. The fourth-order valence-corrected chi connectivity index (χ4v) is 2.09. The molecule has 0 saturated carbocycles. The molecule has 2 amide bonds. The molecule has 0 bridgehead atoms. The number of nitrogens with one attached hydrogen (secondary N) is 1. The Bertz CT molecular complexity index is 669. The molecule has 0 unspecified atom stereocenters. The second kappa shape index (κ2) is 7.26. The number of carbonyl (C=O) groups excluding carboxylic acids is 2. The fraction of sp³-hybridized carbons (Fsp3) is 0.125. The quantitative estimate of drug-likeness (QED) is 0.744. The number of nitrogens with two attached hydrogens (primary N) is 1. The minimum Gasteiger partial charge on any atom is -0.481 e.